The molecule has 0 spiro atoms. The monoisotopic (exact) mass is 413 g/mol. The van der Waals surface area contributed by atoms with E-state index in [0.29, 0.717) is 6.54 Å². The molecule has 0 bridgehead atoms. The number of nitrogens with zero attached hydrogens (tertiary/aromatic N) is 2. The van der Waals surface area contributed by atoms with Gasteiger partial charge in [-0.1, -0.05) is 6.92 Å². The lowest BCUT2D eigenvalue weighted by Gasteiger charge is -2.30. The SMILES string of the molecule is CSc1ccc(S(=O)(=O)N(C)CC(=O)NCCCN2CCC[C@@H](C)C2)cc1. The van der Waals surface area contributed by atoms with Gasteiger partial charge in [-0.15, -0.1) is 11.8 Å². The minimum atomic E-state index is -3.66. The molecule has 1 aromatic carbocycles. The minimum absolute atomic E-state index is 0.173. The number of benzene rings is 1. The van der Waals surface area contributed by atoms with Gasteiger partial charge in [0, 0.05) is 25.0 Å². The van der Waals surface area contributed by atoms with Crippen LogP contribution in [-0.2, 0) is 14.8 Å². The molecule has 1 fully saturated rings. The molecule has 1 heterocycles. The van der Waals surface area contributed by atoms with E-state index in [2.05, 4.69) is 17.1 Å². The predicted molar refractivity (Wildman–Crippen MR) is 111 cm³/mol. The standard InChI is InChI=1S/C19H31N3O3S2/c1-16-6-4-12-22(14-16)13-5-11-20-19(23)15-21(2)27(24,25)18-9-7-17(26-3)8-10-18/h7-10,16H,4-6,11-15H2,1-3H3,(H,20,23)/t16-/m1/s1. The molecule has 1 aliphatic rings. The predicted octanol–water partition coefficient (Wildman–Crippen LogP) is 2.27. The number of likely N-dealkylation sites (N-methyl/N-ethyl adjacent to an activating group) is 1. The fourth-order valence-electron chi connectivity index (χ4n) is 3.29. The molecule has 1 N–H and O–H groups in total. The van der Waals surface area contributed by atoms with Crippen LogP contribution in [0.15, 0.2) is 34.1 Å². The molecule has 8 heteroatoms. The quantitative estimate of drug-likeness (QED) is 0.497. The lowest BCUT2D eigenvalue weighted by atomic mass is 10.0. The van der Waals surface area contributed by atoms with Gasteiger partial charge in [-0.25, -0.2) is 8.42 Å². The van der Waals surface area contributed by atoms with Gasteiger partial charge in [0.15, 0.2) is 0 Å². The van der Waals surface area contributed by atoms with E-state index in [-0.39, 0.29) is 17.3 Å². The van der Waals surface area contributed by atoms with Crippen molar-refractivity contribution in [3.8, 4) is 0 Å². The molecule has 0 aromatic heterocycles. The molecule has 1 saturated heterocycles. The van der Waals surface area contributed by atoms with Crippen molar-refractivity contribution in [2.75, 3.05) is 46.0 Å². The number of hydrogen-bond acceptors (Lipinski definition) is 5. The Morgan fingerprint density at radius 2 is 2.04 bits per heavy atom. The topological polar surface area (TPSA) is 69.7 Å². The summed E-state index contributed by atoms with van der Waals surface area (Å²) in [5.74, 6) is 0.478. The van der Waals surface area contributed by atoms with Gasteiger partial charge >= 0.3 is 0 Å². The number of hydrogen-bond donors (Lipinski definition) is 1. The minimum Gasteiger partial charge on any atom is -0.355 e. The summed E-state index contributed by atoms with van der Waals surface area (Å²) in [7, 11) is -2.22. The van der Waals surface area contributed by atoms with E-state index in [1.54, 1.807) is 36.0 Å². The summed E-state index contributed by atoms with van der Waals surface area (Å²) < 4.78 is 26.2. The van der Waals surface area contributed by atoms with E-state index in [1.807, 2.05) is 6.26 Å². The molecule has 0 radical (unpaired) electrons. The third-order valence-corrected chi connectivity index (χ3v) is 7.41. The molecule has 1 aromatic rings. The van der Waals surface area contributed by atoms with Crippen molar-refractivity contribution in [2.24, 2.45) is 5.92 Å². The van der Waals surface area contributed by atoms with Crippen LogP contribution in [0.2, 0.25) is 0 Å². The van der Waals surface area contributed by atoms with Crippen LogP contribution in [0.4, 0.5) is 0 Å². The zero-order valence-electron chi connectivity index (χ0n) is 16.5. The second-order valence-electron chi connectivity index (χ2n) is 7.19. The van der Waals surface area contributed by atoms with Gasteiger partial charge in [0.05, 0.1) is 11.4 Å². The highest BCUT2D eigenvalue weighted by molar-refractivity contribution is 7.98. The van der Waals surface area contributed by atoms with E-state index in [9.17, 15) is 13.2 Å². The number of likely N-dealkylation sites (tertiary alicyclic amines) is 1. The number of rotatable bonds is 9. The molecule has 1 aliphatic heterocycles. The molecule has 27 heavy (non-hydrogen) atoms. The molecule has 1 amide bonds. The number of amides is 1. The Morgan fingerprint density at radius 1 is 1.33 bits per heavy atom. The Kier molecular flexibility index (Phi) is 8.60. The van der Waals surface area contributed by atoms with Crippen LogP contribution in [0, 0.1) is 5.92 Å². The zero-order chi connectivity index (χ0) is 19.9. The Balaban J connectivity index is 1.75. The number of nitrogens with one attached hydrogen (secondary N) is 1. The van der Waals surface area contributed by atoms with Crippen molar-refractivity contribution in [2.45, 2.75) is 36.0 Å². The van der Waals surface area contributed by atoms with Gasteiger partial charge in [-0.05, 0) is 68.8 Å². The van der Waals surface area contributed by atoms with Gasteiger partial charge in [0.1, 0.15) is 0 Å². The largest absolute Gasteiger partial charge is 0.355 e. The average molecular weight is 414 g/mol. The summed E-state index contributed by atoms with van der Waals surface area (Å²) in [6.45, 7) is 5.91. The molecule has 1 atom stereocenters. The van der Waals surface area contributed by atoms with E-state index < -0.39 is 10.0 Å². The Labute approximate surface area is 167 Å². The maximum Gasteiger partial charge on any atom is 0.243 e. The molecule has 0 unspecified atom stereocenters. The highest BCUT2D eigenvalue weighted by Gasteiger charge is 2.23. The molecule has 0 saturated carbocycles. The van der Waals surface area contributed by atoms with Gasteiger partial charge in [-0.2, -0.15) is 4.31 Å². The average Bonchev–Trinajstić information content (AvgIpc) is 2.65. The Bertz CT molecular complexity index is 707. The zero-order valence-corrected chi connectivity index (χ0v) is 18.1. The molecule has 0 aliphatic carbocycles. The summed E-state index contributed by atoms with van der Waals surface area (Å²) in [4.78, 5) is 15.7. The smallest absolute Gasteiger partial charge is 0.243 e. The highest BCUT2D eigenvalue weighted by Crippen LogP contribution is 2.19. The van der Waals surface area contributed by atoms with Crippen LogP contribution in [0.1, 0.15) is 26.2 Å². The van der Waals surface area contributed by atoms with E-state index in [1.165, 1.54) is 19.9 Å². The maximum atomic E-state index is 12.6. The molecule has 6 nitrogen and oxygen atoms in total. The first-order chi connectivity index (χ1) is 12.8. The lowest BCUT2D eigenvalue weighted by molar-refractivity contribution is -0.121. The highest BCUT2D eigenvalue weighted by atomic mass is 32.2. The number of thioether (sulfide) groups is 1. The van der Waals surface area contributed by atoms with Crippen molar-refractivity contribution < 1.29 is 13.2 Å². The first-order valence-electron chi connectivity index (χ1n) is 9.42. The van der Waals surface area contributed by atoms with Crippen LogP contribution in [0.5, 0.6) is 0 Å². The van der Waals surface area contributed by atoms with Crippen molar-refractivity contribution in [1.29, 1.82) is 0 Å². The molecular weight excluding hydrogens is 382 g/mol. The molecular formula is C19H31N3O3S2. The van der Waals surface area contributed by atoms with Gasteiger partial charge in [-0.3, -0.25) is 4.79 Å². The van der Waals surface area contributed by atoms with Gasteiger partial charge in [0.25, 0.3) is 0 Å². The van der Waals surface area contributed by atoms with Crippen LogP contribution >= 0.6 is 11.8 Å². The second-order valence-corrected chi connectivity index (χ2v) is 10.1. The molecule has 2 rings (SSSR count). The van der Waals surface area contributed by atoms with E-state index >= 15 is 0 Å². The van der Waals surface area contributed by atoms with Crippen molar-refractivity contribution >= 4 is 27.7 Å². The summed E-state index contributed by atoms with van der Waals surface area (Å²) in [6, 6.07) is 6.70. The second kappa shape index (κ2) is 10.5. The van der Waals surface area contributed by atoms with E-state index in [0.717, 1.165) is 41.2 Å². The first-order valence-corrected chi connectivity index (χ1v) is 12.1. The number of carbonyl (C=O) groups is 1. The van der Waals surface area contributed by atoms with Crippen LogP contribution in [0.25, 0.3) is 0 Å². The summed E-state index contributed by atoms with van der Waals surface area (Å²) in [5, 5.41) is 2.83. The molecule has 152 valence electrons. The Hall–Kier alpha value is -1.09. The summed E-state index contributed by atoms with van der Waals surface area (Å²) >= 11 is 1.55. The Morgan fingerprint density at radius 3 is 2.67 bits per heavy atom. The van der Waals surface area contributed by atoms with Gasteiger partial charge in [0.2, 0.25) is 15.9 Å². The fourth-order valence-corrected chi connectivity index (χ4v) is 4.83. The first kappa shape index (κ1) is 22.2. The van der Waals surface area contributed by atoms with Gasteiger partial charge < -0.3 is 10.2 Å². The lowest BCUT2D eigenvalue weighted by Crippen LogP contribution is -2.40. The number of piperidine rings is 1. The van der Waals surface area contributed by atoms with E-state index in [4.69, 9.17) is 0 Å². The van der Waals surface area contributed by atoms with Crippen molar-refractivity contribution in [1.82, 2.24) is 14.5 Å². The number of carbonyl (C=O) groups excluding carboxylic acids is 1. The van der Waals surface area contributed by atoms with Crippen LogP contribution in [0.3, 0.4) is 0 Å². The summed E-state index contributed by atoms with van der Waals surface area (Å²) in [5.41, 5.74) is 0. The number of sulfonamides is 1. The maximum absolute atomic E-state index is 12.6. The normalized spacial score (nSPS) is 18.6. The van der Waals surface area contributed by atoms with Crippen LogP contribution in [-0.4, -0.2) is 69.6 Å². The van der Waals surface area contributed by atoms with Crippen LogP contribution < -0.4 is 5.32 Å². The fraction of sp³-hybridized carbons (Fsp3) is 0.632. The third kappa shape index (κ3) is 6.78. The van der Waals surface area contributed by atoms with Crippen molar-refractivity contribution in [3.63, 3.8) is 0 Å². The summed E-state index contributed by atoms with van der Waals surface area (Å²) in [6.07, 6.45) is 5.36. The third-order valence-electron chi connectivity index (χ3n) is 4.85. The van der Waals surface area contributed by atoms with Crippen molar-refractivity contribution in [3.05, 3.63) is 24.3 Å².